The number of carbonyl (C=O) groups excluding carboxylic acids is 3. The van der Waals surface area contributed by atoms with Crippen LogP contribution in [-0.2, 0) is 35.2 Å². The van der Waals surface area contributed by atoms with Crippen LogP contribution in [0.2, 0.25) is 0 Å². The summed E-state index contributed by atoms with van der Waals surface area (Å²) in [6, 6.07) is 2.21. The van der Waals surface area contributed by atoms with Gasteiger partial charge in [0.1, 0.15) is 18.1 Å². The zero-order chi connectivity index (χ0) is 26.1. The number of carboxylic acids is 3. The van der Waals surface area contributed by atoms with E-state index in [1.165, 1.54) is 0 Å². The average Bonchev–Trinajstić information content (AvgIpc) is 3.19. The quantitative estimate of drug-likeness (QED) is 0.156. The normalized spacial score (nSPS) is 13.3. The van der Waals surface area contributed by atoms with E-state index < -0.39 is 73.1 Å². The van der Waals surface area contributed by atoms with Gasteiger partial charge in [0.2, 0.25) is 17.7 Å². The maximum atomic E-state index is 12.8. The largest absolute Gasteiger partial charge is 0.481 e. The molecule has 35 heavy (non-hydrogen) atoms. The predicted octanol–water partition coefficient (Wildman–Crippen LogP) is -1.84. The average molecular weight is 491 g/mol. The van der Waals surface area contributed by atoms with E-state index in [1.807, 2.05) is 0 Å². The molecular formula is C21H25N5O9. The topological polar surface area (TPSA) is 241 Å². The first-order valence-corrected chi connectivity index (χ1v) is 10.3. The molecule has 0 radical (unpaired) electrons. The molecule has 1 aromatic heterocycles. The number of H-pyrrole nitrogens is 1. The number of aromatic nitrogens is 1. The first-order valence-electron chi connectivity index (χ1n) is 10.3. The van der Waals surface area contributed by atoms with Crippen molar-refractivity contribution in [2.75, 3.05) is 6.54 Å². The van der Waals surface area contributed by atoms with Crippen molar-refractivity contribution >= 4 is 46.5 Å². The number of rotatable bonds is 13. The number of carboxylic acid groups (broad SMARTS) is 3. The number of aliphatic carboxylic acids is 3. The van der Waals surface area contributed by atoms with Gasteiger partial charge in [-0.2, -0.15) is 0 Å². The van der Waals surface area contributed by atoms with Crippen LogP contribution in [0.15, 0.2) is 30.5 Å². The highest BCUT2D eigenvalue weighted by molar-refractivity contribution is 5.96. The fraction of sp³-hybridized carbons (Fsp3) is 0.333. The second-order valence-electron chi connectivity index (χ2n) is 7.54. The van der Waals surface area contributed by atoms with Gasteiger partial charge in [-0.25, -0.2) is 4.79 Å². The molecule has 3 unspecified atom stereocenters. The molecular weight excluding hydrogens is 466 g/mol. The molecule has 14 nitrogen and oxygen atoms in total. The molecule has 0 aliphatic rings. The third-order valence-electron chi connectivity index (χ3n) is 4.94. The molecule has 0 aliphatic carbocycles. The van der Waals surface area contributed by atoms with Crippen LogP contribution in [0.1, 0.15) is 18.4 Å². The zero-order valence-corrected chi connectivity index (χ0v) is 18.3. The van der Waals surface area contributed by atoms with Crippen LogP contribution in [-0.4, -0.2) is 80.6 Å². The molecule has 0 fully saturated rings. The Bertz CT molecular complexity index is 1130. The monoisotopic (exact) mass is 491 g/mol. The smallest absolute Gasteiger partial charge is 0.326 e. The van der Waals surface area contributed by atoms with Crippen LogP contribution in [0.25, 0.3) is 10.9 Å². The van der Waals surface area contributed by atoms with Crippen LogP contribution in [0.5, 0.6) is 0 Å². The summed E-state index contributed by atoms with van der Waals surface area (Å²) in [6.45, 7) is -0.545. The minimum Gasteiger partial charge on any atom is -0.481 e. The van der Waals surface area contributed by atoms with Crippen molar-refractivity contribution in [2.45, 2.75) is 37.4 Å². The molecule has 0 spiro atoms. The van der Waals surface area contributed by atoms with E-state index in [4.69, 9.17) is 15.9 Å². The van der Waals surface area contributed by atoms with E-state index in [1.54, 1.807) is 30.5 Å². The summed E-state index contributed by atoms with van der Waals surface area (Å²) >= 11 is 0. The van der Waals surface area contributed by atoms with Gasteiger partial charge in [-0.1, -0.05) is 18.2 Å². The second-order valence-corrected chi connectivity index (χ2v) is 7.54. The SMILES string of the molecule is NCC(=O)NC(CC(=O)O)C(=O)NC(CC(=O)O)C(=O)NC(Cc1c[nH]c2ccccc12)C(=O)O. The summed E-state index contributed by atoms with van der Waals surface area (Å²) < 4.78 is 0. The molecule has 0 bridgehead atoms. The minimum atomic E-state index is -1.75. The van der Waals surface area contributed by atoms with Crippen molar-refractivity contribution in [3.8, 4) is 0 Å². The van der Waals surface area contributed by atoms with Crippen molar-refractivity contribution in [3.63, 3.8) is 0 Å². The Morgan fingerprint density at radius 1 is 0.829 bits per heavy atom. The Morgan fingerprint density at radius 2 is 1.37 bits per heavy atom. The molecule has 1 aromatic carbocycles. The number of fused-ring (bicyclic) bond motifs is 1. The highest BCUT2D eigenvalue weighted by Crippen LogP contribution is 2.19. The summed E-state index contributed by atoms with van der Waals surface area (Å²) in [6.07, 6.45) is -0.355. The summed E-state index contributed by atoms with van der Waals surface area (Å²) in [5.41, 5.74) is 6.48. The highest BCUT2D eigenvalue weighted by Gasteiger charge is 2.32. The Morgan fingerprint density at radius 3 is 1.91 bits per heavy atom. The highest BCUT2D eigenvalue weighted by atomic mass is 16.4. The van der Waals surface area contributed by atoms with Gasteiger partial charge in [-0.05, 0) is 11.6 Å². The number of nitrogens with one attached hydrogen (secondary N) is 4. The molecule has 9 N–H and O–H groups in total. The molecule has 0 aliphatic heterocycles. The van der Waals surface area contributed by atoms with Gasteiger partial charge in [0.25, 0.3) is 0 Å². The van der Waals surface area contributed by atoms with E-state index in [9.17, 15) is 33.9 Å². The van der Waals surface area contributed by atoms with Crippen molar-refractivity contribution in [1.29, 1.82) is 0 Å². The lowest BCUT2D eigenvalue weighted by atomic mass is 10.0. The Hall–Kier alpha value is -4.46. The van der Waals surface area contributed by atoms with Crippen LogP contribution in [0.4, 0.5) is 0 Å². The maximum Gasteiger partial charge on any atom is 0.326 e. The molecule has 3 atom stereocenters. The van der Waals surface area contributed by atoms with E-state index in [2.05, 4.69) is 20.9 Å². The number of para-hydroxylation sites is 1. The minimum absolute atomic E-state index is 0.146. The molecule has 2 aromatic rings. The second kappa shape index (κ2) is 12.1. The van der Waals surface area contributed by atoms with Gasteiger partial charge in [-0.3, -0.25) is 24.0 Å². The lowest BCUT2D eigenvalue weighted by Gasteiger charge is -2.23. The zero-order valence-electron chi connectivity index (χ0n) is 18.3. The van der Waals surface area contributed by atoms with Gasteiger partial charge in [0, 0.05) is 23.5 Å². The Labute approximate surface area is 197 Å². The molecule has 3 amide bonds. The standard InChI is InChI=1S/C21H25N5O9/c22-8-16(27)24-13(6-17(28)29)19(32)25-14(7-18(30)31)20(33)26-15(21(34)35)5-10-9-23-12-4-2-1-3-11(10)12/h1-4,9,13-15,23H,5-8,22H2,(H,24,27)(H,25,32)(H,26,33)(H,28,29)(H,30,31)(H,34,35). The number of aromatic amines is 1. The van der Waals surface area contributed by atoms with E-state index in [0.29, 0.717) is 5.56 Å². The lowest BCUT2D eigenvalue weighted by molar-refractivity contribution is -0.144. The molecule has 1 heterocycles. The number of nitrogens with two attached hydrogens (primary N) is 1. The van der Waals surface area contributed by atoms with E-state index in [-0.39, 0.29) is 6.42 Å². The Kier molecular flexibility index (Phi) is 9.28. The van der Waals surface area contributed by atoms with E-state index >= 15 is 0 Å². The van der Waals surface area contributed by atoms with Crippen molar-refractivity contribution < 1.29 is 44.1 Å². The third-order valence-corrected chi connectivity index (χ3v) is 4.94. The summed E-state index contributed by atoms with van der Waals surface area (Å²) in [7, 11) is 0. The molecule has 14 heteroatoms. The van der Waals surface area contributed by atoms with Crippen LogP contribution >= 0.6 is 0 Å². The lowest BCUT2D eigenvalue weighted by Crippen LogP contribution is -2.57. The van der Waals surface area contributed by atoms with Crippen LogP contribution in [0, 0.1) is 0 Å². The van der Waals surface area contributed by atoms with Crippen molar-refractivity contribution in [3.05, 3.63) is 36.0 Å². The van der Waals surface area contributed by atoms with Crippen LogP contribution in [0.3, 0.4) is 0 Å². The van der Waals surface area contributed by atoms with Gasteiger partial charge >= 0.3 is 17.9 Å². The molecule has 2 rings (SSSR count). The number of hydrogen-bond acceptors (Lipinski definition) is 7. The van der Waals surface area contributed by atoms with Gasteiger partial charge in [0.15, 0.2) is 0 Å². The first kappa shape index (κ1) is 26.8. The predicted molar refractivity (Wildman–Crippen MR) is 119 cm³/mol. The summed E-state index contributed by atoms with van der Waals surface area (Å²) in [5.74, 6) is -7.47. The number of benzene rings is 1. The van der Waals surface area contributed by atoms with Crippen molar-refractivity contribution in [1.82, 2.24) is 20.9 Å². The first-order chi connectivity index (χ1) is 16.5. The van der Waals surface area contributed by atoms with Gasteiger partial charge in [-0.15, -0.1) is 0 Å². The number of carbonyl (C=O) groups is 6. The van der Waals surface area contributed by atoms with Gasteiger partial charge < -0.3 is 42.0 Å². The maximum absolute atomic E-state index is 12.8. The molecule has 0 saturated carbocycles. The fourth-order valence-electron chi connectivity index (χ4n) is 3.29. The summed E-state index contributed by atoms with van der Waals surface area (Å²) in [5, 5.41) is 34.8. The van der Waals surface area contributed by atoms with E-state index in [0.717, 1.165) is 10.9 Å². The fourth-order valence-corrected chi connectivity index (χ4v) is 3.29. The van der Waals surface area contributed by atoms with Crippen molar-refractivity contribution in [2.24, 2.45) is 5.73 Å². The Balaban J connectivity index is 2.19. The molecule has 0 saturated heterocycles. The number of hydrogen-bond donors (Lipinski definition) is 8. The molecule has 188 valence electrons. The van der Waals surface area contributed by atoms with Crippen LogP contribution < -0.4 is 21.7 Å². The third kappa shape index (κ3) is 7.82. The summed E-state index contributed by atoms with van der Waals surface area (Å²) in [4.78, 5) is 73.9. The number of amides is 3. The van der Waals surface area contributed by atoms with Gasteiger partial charge in [0.05, 0.1) is 19.4 Å².